The summed E-state index contributed by atoms with van der Waals surface area (Å²) in [6.07, 6.45) is 0.270. The first kappa shape index (κ1) is 31.4. The Labute approximate surface area is 256 Å². The van der Waals surface area contributed by atoms with Crippen molar-refractivity contribution in [3.8, 4) is 0 Å². The maximum Gasteiger partial charge on any atom is 0.243 e. The van der Waals surface area contributed by atoms with Crippen LogP contribution in [-0.2, 0) is 32.6 Å². The average Bonchev–Trinajstić information content (AvgIpc) is 2.95. The van der Waals surface area contributed by atoms with Crippen molar-refractivity contribution in [1.82, 2.24) is 14.5 Å². The SMILES string of the molecule is CN(CC(=O)N(Cc1ccc(Br)cc1)C(Cc1ccccc1)C(=O)NC(C)(C)C)S(=O)(=O)c1ccc2ccccc2c1. The molecule has 4 rings (SSSR count). The minimum Gasteiger partial charge on any atom is -0.350 e. The number of carbonyl (C=O) groups excluding carboxylic acids is 2. The molecule has 1 N–H and O–H groups in total. The number of hydrogen-bond donors (Lipinski definition) is 1. The van der Waals surface area contributed by atoms with Crippen LogP contribution in [0, 0.1) is 0 Å². The molecule has 1 unspecified atom stereocenters. The highest BCUT2D eigenvalue weighted by molar-refractivity contribution is 9.10. The largest absolute Gasteiger partial charge is 0.350 e. The fraction of sp³-hybridized carbons (Fsp3) is 0.273. The molecule has 0 fully saturated rings. The van der Waals surface area contributed by atoms with Gasteiger partial charge in [0.15, 0.2) is 0 Å². The maximum absolute atomic E-state index is 14.0. The van der Waals surface area contributed by atoms with Crippen LogP contribution >= 0.6 is 15.9 Å². The Kier molecular flexibility index (Phi) is 9.86. The van der Waals surface area contributed by atoms with Gasteiger partial charge in [0.1, 0.15) is 6.04 Å². The van der Waals surface area contributed by atoms with Gasteiger partial charge >= 0.3 is 0 Å². The standard InChI is InChI=1S/C33H36BrN3O4S/c1-33(2,3)35-32(39)30(20-24-10-6-5-7-11-24)37(22-25-14-17-28(34)18-15-25)31(38)23-36(4)42(40,41)29-19-16-26-12-8-9-13-27(26)21-29/h5-19,21,30H,20,22-23H2,1-4H3,(H,35,39). The molecule has 0 aliphatic carbocycles. The second kappa shape index (κ2) is 13.2. The fourth-order valence-corrected chi connectivity index (χ4v) is 6.09. The molecule has 4 aromatic rings. The number of likely N-dealkylation sites (N-methyl/N-ethyl adjacent to an activating group) is 1. The third-order valence-corrected chi connectivity index (χ3v) is 9.15. The Morgan fingerprint density at radius 1 is 0.833 bits per heavy atom. The molecule has 9 heteroatoms. The van der Waals surface area contributed by atoms with E-state index in [4.69, 9.17) is 0 Å². The van der Waals surface area contributed by atoms with E-state index in [1.165, 1.54) is 11.9 Å². The van der Waals surface area contributed by atoms with Gasteiger partial charge in [0.05, 0.1) is 11.4 Å². The minimum atomic E-state index is -3.99. The van der Waals surface area contributed by atoms with Gasteiger partial charge in [-0.05, 0) is 66.9 Å². The van der Waals surface area contributed by atoms with Crippen molar-refractivity contribution in [2.75, 3.05) is 13.6 Å². The van der Waals surface area contributed by atoms with Gasteiger partial charge in [-0.2, -0.15) is 4.31 Å². The fourth-order valence-electron chi connectivity index (χ4n) is 4.67. The first-order valence-corrected chi connectivity index (χ1v) is 15.9. The van der Waals surface area contributed by atoms with Crippen molar-refractivity contribution in [2.45, 2.75) is 50.2 Å². The van der Waals surface area contributed by atoms with E-state index in [1.807, 2.05) is 99.6 Å². The van der Waals surface area contributed by atoms with Crippen molar-refractivity contribution in [3.05, 3.63) is 113 Å². The molecule has 0 radical (unpaired) electrons. The molecule has 4 aromatic carbocycles. The molecule has 220 valence electrons. The minimum absolute atomic E-state index is 0.0993. The summed E-state index contributed by atoms with van der Waals surface area (Å²) in [6.45, 7) is 5.35. The number of nitrogens with zero attached hydrogens (tertiary/aromatic N) is 2. The molecular formula is C33H36BrN3O4S. The van der Waals surface area contributed by atoms with E-state index in [0.29, 0.717) is 0 Å². The van der Waals surface area contributed by atoms with Crippen LogP contribution in [-0.4, -0.2) is 54.6 Å². The summed E-state index contributed by atoms with van der Waals surface area (Å²) >= 11 is 3.44. The van der Waals surface area contributed by atoms with Gasteiger partial charge in [0, 0.05) is 30.0 Å². The van der Waals surface area contributed by atoms with Gasteiger partial charge in [-0.25, -0.2) is 8.42 Å². The van der Waals surface area contributed by atoms with Crippen LogP contribution in [0.25, 0.3) is 10.8 Å². The van der Waals surface area contributed by atoms with Gasteiger partial charge in [0.25, 0.3) is 0 Å². The molecule has 0 saturated heterocycles. The Morgan fingerprint density at radius 3 is 2.10 bits per heavy atom. The molecule has 0 aromatic heterocycles. The summed E-state index contributed by atoms with van der Waals surface area (Å²) in [4.78, 5) is 29.4. The predicted octanol–water partition coefficient (Wildman–Crippen LogP) is 5.78. The number of rotatable bonds is 10. The van der Waals surface area contributed by atoms with E-state index in [0.717, 1.165) is 30.7 Å². The van der Waals surface area contributed by atoms with E-state index in [9.17, 15) is 18.0 Å². The van der Waals surface area contributed by atoms with Crippen LogP contribution < -0.4 is 5.32 Å². The summed E-state index contributed by atoms with van der Waals surface area (Å²) < 4.78 is 29.1. The second-order valence-electron chi connectivity index (χ2n) is 11.4. The number of carbonyl (C=O) groups is 2. The second-order valence-corrected chi connectivity index (χ2v) is 14.3. The van der Waals surface area contributed by atoms with E-state index >= 15 is 0 Å². The Balaban J connectivity index is 1.68. The zero-order valence-corrected chi connectivity index (χ0v) is 26.7. The van der Waals surface area contributed by atoms with Crippen LogP contribution in [0.2, 0.25) is 0 Å². The third kappa shape index (κ3) is 8.06. The van der Waals surface area contributed by atoms with Crippen molar-refractivity contribution < 1.29 is 18.0 Å². The average molecular weight is 651 g/mol. The monoisotopic (exact) mass is 649 g/mol. The molecule has 0 spiro atoms. The van der Waals surface area contributed by atoms with Gasteiger partial charge in [-0.3, -0.25) is 9.59 Å². The summed E-state index contributed by atoms with van der Waals surface area (Å²) in [6, 6.07) is 28.5. The number of halogens is 1. The van der Waals surface area contributed by atoms with Crippen LogP contribution in [0.5, 0.6) is 0 Å². The highest BCUT2D eigenvalue weighted by Crippen LogP contribution is 2.23. The van der Waals surface area contributed by atoms with E-state index in [1.54, 1.807) is 18.2 Å². The number of nitrogens with one attached hydrogen (secondary N) is 1. The van der Waals surface area contributed by atoms with Crippen LogP contribution in [0.1, 0.15) is 31.9 Å². The Bertz CT molecular complexity index is 1650. The number of benzene rings is 4. The molecule has 0 aliphatic heterocycles. The Hall–Kier alpha value is -3.53. The topological polar surface area (TPSA) is 86.8 Å². The smallest absolute Gasteiger partial charge is 0.243 e. The van der Waals surface area contributed by atoms with E-state index in [-0.39, 0.29) is 23.8 Å². The van der Waals surface area contributed by atoms with Crippen molar-refractivity contribution >= 4 is 48.5 Å². The zero-order valence-electron chi connectivity index (χ0n) is 24.2. The summed E-state index contributed by atoms with van der Waals surface area (Å²) in [5.74, 6) is -0.786. The molecule has 1 atom stereocenters. The maximum atomic E-state index is 14.0. The quantitative estimate of drug-likeness (QED) is 0.236. The molecular weight excluding hydrogens is 614 g/mol. The summed E-state index contributed by atoms with van der Waals surface area (Å²) in [7, 11) is -2.60. The van der Waals surface area contributed by atoms with Crippen molar-refractivity contribution in [2.24, 2.45) is 0 Å². The number of sulfonamides is 1. The molecule has 0 saturated carbocycles. The first-order chi connectivity index (χ1) is 19.8. The number of amides is 2. The summed E-state index contributed by atoms with van der Waals surface area (Å²) in [5, 5.41) is 4.73. The molecule has 7 nitrogen and oxygen atoms in total. The normalized spacial score (nSPS) is 12.7. The number of fused-ring (bicyclic) bond motifs is 1. The van der Waals surface area contributed by atoms with Gasteiger partial charge in [-0.1, -0.05) is 88.7 Å². The molecule has 2 amide bonds. The molecule has 42 heavy (non-hydrogen) atoms. The molecule has 0 bridgehead atoms. The van der Waals surface area contributed by atoms with Crippen molar-refractivity contribution in [3.63, 3.8) is 0 Å². The summed E-state index contributed by atoms with van der Waals surface area (Å²) in [5.41, 5.74) is 1.17. The lowest BCUT2D eigenvalue weighted by Gasteiger charge is -2.34. The lowest BCUT2D eigenvalue weighted by atomic mass is 10.0. The van der Waals surface area contributed by atoms with E-state index in [2.05, 4.69) is 21.2 Å². The predicted molar refractivity (Wildman–Crippen MR) is 170 cm³/mol. The lowest BCUT2D eigenvalue weighted by Crippen LogP contribution is -2.56. The zero-order chi connectivity index (χ0) is 30.5. The van der Waals surface area contributed by atoms with Gasteiger partial charge < -0.3 is 10.2 Å². The third-order valence-electron chi connectivity index (χ3n) is 6.82. The highest BCUT2D eigenvalue weighted by atomic mass is 79.9. The van der Waals surface area contributed by atoms with Crippen molar-refractivity contribution in [1.29, 1.82) is 0 Å². The molecule has 0 heterocycles. The van der Waals surface area contributed by atoms with Crippen LogP contribution in [0.4, 0.5) is 0 Å². The Morgan fingerprint density at radius 2 is 1.45 bits per heavy atom. The first-order valence-electron chi connectivity index (χ1n) is 13.7. The van der Waals surface area contributed by atoms with Crippen LogP contribution in [0.15, 0.2) is 106 Å². The highest BCUT2D eigenvalue weighted by Gasteiger charge is 2.34. The lowest BCUT2D eigenvalue weighted by molar-refractivity contribution is -0.141. The van der Waals surface area contributed by atoms with E-state index < -0.39 is 34.1 Å². The van der Waals surface area contributed by atoms with Crippen LogP contribution in [0.3, 0.4) is 0 Å². The molecule has 0 aliphatic rings. The number of hydrogen-bond acceptors (Lipinski definition) is 4. The van der Waals surface area contributed by atoms with Gasteiger partial charge in [-0.15, -0.1) is 0 Å². The van der Waals surface area contributed by atoms with Gasteiger partial charge in [0.2, 0.25) is 21.8 Å².